The molecule has 0 amide bonds. The minimum absolute atomic E-state index is 0.774. The van der Waals surface area contributed by atoms with E-state index in [1.54, 1.807) is 0 Å². The van der Waals surface area contributed by atoms with Gasteiger partial charge < -0.3 is 10.2 Å². The van der Waals surface area contributed by atoms with E-state index in [1.807, 2.05) is 6.20 Å². The predicted molar refractivity (Wildman–Crippen MR) is 81.8 cm³/mol. The average Bonchev–Trinajstić information content (AvgIpc) is 3.32. The van der Waals surface area contributed by atoms with Crippen LogP contribution < -0.4 is 10.2 Å². The van der Waals surface area contributed by atoms with Crippen molar-refractivity contribution in [1.29, 1.82) is 0 Å². The van der Waals surface area contributed by atoms with E-state index in [1.165, 1.54) is 62.9 Å². The Kier molecular flexibility index (Phi) is 3.39. The lowest BCUT2D eigenvalue weighted by atomic mass is 10.1. The fourth-order valence-electron chi connectivity index (χ4n) is 2.89. The third kappa shape index (κ3) is 3.32. The summed E-state index contributed by atoms with van der Waals surface area (Å²) in [7, 11) is 0. The molecule has 3 aliphatic carbocycles. The molecule has 0 bridgehead atoms. The van der Waals surface area contributed by atoms with Crippen LogP contribution in [-0.2, 0) is 6.54 Å². The van der Waals surface area contributed by atoms with Crippen molar-refractivity contribution in [3.05, 3.63) is 24.0 Å². The molecule has 3 aliphatic rings. The summed E-state index contributed by atoms with van der Waals surface area (Å²) in [6, 6.07) is 2.98. The average molecular weight is 271 g/mol. The maximum absolute atomic E-state index is 4.39. The number of pyridine rings is 1. The summed E-state index contributed by atoms with van der Waals surface area (Å²) < 4.78 is 0. The second-order valence-corrected chi connectivity index (χ2v) is 6.95. The van der Waals surface area contributed by atoms with Crippen LogP contribution in [0.2, 0.25) is 0 Å². The molecule has 0 aliphatic heterocycles. The Balaban J connectivity index is 1.49. The Morgan fingerprint density at radius 1 is 1.05 bits per heavy atom. The molecule has 0 atom stereocenters. The van der Waals surface area contributed by atoms with E-state index in [9.17, 15) is 0 Å². The molecule has 3 heteroatoms. The molecule has 1 aromatic heterocycles. The first-order valence-corrected chi connectivity index (χ1v) is 8.29. The molecule has 20 heavy (non-hydrogen) atoms. The fraction of sp³-hybridized carbons (Fsp3) is 0.706. The van der Waals surface area contributed by atoms with Gasteiger partial charge >= 0.3 is 0 Å². The summed E-state index contributed by atoms with van der Waals surface area (Å²) in [6.07, 6.45) is 12.5. The van der Waals surface area contributed by atoms with Gasteiger partial charge in [0.2, 0.25) is 0 Å². The number of hydrogen-bond donors (Lipinski definition) is 1. The fourth-order valence-corrected chi connectivity index (χ4v) is 2.89. The predicted octanol–water partition coefficient (Wildman–Crippen LogP) is 2.96. The lowest BCUT2D eigenvalue weighted by Crippen LogP contribution is -2.30. The van der Waals surface area contributed by atoms with Crippen LogP contribution in [0.1, 0.15) is 44.1 Å². The van der Waals surface area contributed by atoms with Gasteiger partial charge in [0.1, 0.15) is 0 Å². The first-order chi connectivity index (χ1) is 9.88. The monoisotopic (exact) mass is 271 g/mol. The molecule has 108 valence electrons. The Labute approximate surface area is 121 Å². The smallest absolute Gasteiger partial charge is 0.0598 e. The Hall–Kier alpha value is -1.09. The van der Waals surface area contributed by atoms with Crippen LogP contribution in [0.3, 0.4) is 0 Å². The maximum Gasteiger partial charge on any atom is 0.0598 e. The van der Waals surface area contributed by atoms with E-state index in [0.29, 0.717) is 0 Å². The molecule has 0 radical (unpaired) electrons. The minimum atomic E-state index is 0.774. The normalized spacial score (nSPS) is 22.0. The Bertz CT molecular complexity index is 447. The molecular weight excluding hydrogens is 246 g/mol. The van der Waals surface area contributed by atoms with Gasteiger partial charge in [-0.05, 0) is 62.0 Å². The Morgan fingerprint density at radius 3 is 2.35 bits per heavy atom. The zero-order valence-electron chi connectivity index (χ0n) is 12.2. The number of hydrogen-bond acceptors (Lipinski definition) is 3. The molecule has 0 unspecified atom stereocenters. The molecule has 1 N–H and O–H groups in total. The summed E-state index contributed by atoms with van der Waals surface area (Å²) in [5.74, 6) is 1.89. The Morgan fingerprint density at radius 2 is 1.75 bits per heavy atom. The molecule has 1 heterocycles. The largest absolute Gasteiger partial charge is 0.369 e. The van der Waals surface area contributed by atoms with Crippen LogP contribution in [-0.4, -0.2) is 24.1 Å². The van der Waals surface area contributed by atoms with Gasteiger partial charge in [0.05, 0.1) is 11.9 Å². The number of nitrogens with one attached hydrogen (secondary N) is 1. The van der Waals surface area contributed by atoms with Gasteiger partial charge in [0, 0.05) is 31.9 Å². The lowest BCUT2D eigenvalue weighted by molar-refractivity contribution is 0.657. The third-order valence-electron chi connectivity index (χ3n) is 4.74. The van der Waals surface area contributed by atoms with Crippen molar-refractivity contribution in [2.45, 2.75) is 51.1 Å². The van der Waals surface area contributed by atoms with E-state index in [4.69, 9.17) is 0 Å². The lowest BCUT2D eigenvalue weighted by Gasteiger charge is -2.27. The van der Waals surface area contributed by atoms with Crippen molar-refractivity contribution in [1.82, 2.24) is 10.3 Å². The second kappa shape index (κ2) is 5.36. The van der Waals surface area contributed by atoms with Crippen molar-refractivity contribution in [2.75, 3.05) is 18.0 Å². The van der Waals surface area contributed by atoms with Crippen molar-refractivity contribution >= 4 is 5.69 Å². The number of rotatable bonds is 8. The zero-order chi connectivity index (χ0) is 13.4. The van der Waals surface area contributed by atoms with Crippen molar-refractivity contribution in [3.63, 3.8) is 0 Å². The summed E-state index contributed by atoms with van der Waals surface area (Å²) in [5.41, 5.74) is 2.83. The molecule has 3 fully saturated rings. The molecule has 1 aromatic rings. The highest BCUT2D eigenvalue weighted by molar-refractivity contribution is 5.52. The highest BCUT2D eigenvalue weighted by atomic mass is 15.2. The summed E-state index contributed by atoms with van der Waals surface area (Å²) in [5, 5.41) is 3.65. The highest BCUT2D eigenvalue weighted by Crippen LogP contribution is 2.36. The van der Waals surface area contributed by atoms with Gasteiger partial charge in [-0.25, -0.2) is 0 Å². The van der Waals surface area contributed by atoms with Crippen LogP contribution in [0.25, 0.3) is 0 Å². The van der Waals surface area contributed by atoms with Crippen LogP contribution >= 0.6 is 0 Å². The second-order valence-electron chi connectivity index (χ2n) is 6.95. The van der Waals surface area contributed by atoms with Crippen molar-refractivity contribution in [2.24, 2.45) is 11.8 Å². The van der Waals surface area contributed by atoms with Crippen LogP contribution in [0, 0.1) is 11.8 Å². The van der Waals surface area contributed by atoms with Gasteiger partial charge in [0.15, 0.2) is 0 Å². The van der Waals surface area contributed by atoms with Gasteiger partial charge in [-0.15, -0.1) is 0 Å². The van der Waals surface area contributed by atoms with E-state index in [-0.39, 0.29) is 0 Å². The quantitative estimate of drug-likeness (QED) is 0.788. The van der Waals surface area contributed by atoms with Crippen LogP contribution in [0.4, 0.5) is 5.69 Å². The number of aromatic nitrogens is 1. The molecule has 0 aromatic carbocycles. The summed E-state index contributed by atoms with van der Waals surface area (Å²) >= 11 is 0. The first-order valence-electron chi connectivity index (χ1n) is 8.29. The third-order valence-corrected chi connectivity index (χ3v) is 4.74. The zero-order valence-corrected chi connectivity index (χ0v) is 12.2. The molecule has 0 saturated heterocycles. The molecule has 3 nitrogen and oxygen atoms in total. The van der Waals surface area contributed by atoms with Gasteiger partial charge in [-0.2, -0.15) is 0 Å². The number of anilines is 1. The summed E-state index contributed by atoms with van der Waals surface area (Å²) in [6.45, 7) is 3.51. The van der Waals surface area contributed by atoms with Gasteiger partial charge in [0.25, 0.3) is 0 Å². The highest BCUT2D eigenvalue weighted by Gasteiger charge is 2.30. The van der Waals surface area contributed by atoms with Crippen LogP contribution in [0.15, 0.2) is 18.5 Å². The standard InChI is InChI=1S/C17H25N3/c1-2-13(1)11-20(12-14-3-4-14)17-10-18-8-7-15(17)9-19-16-5-6-16/h7-8,10,13-14,16,19H,1-6,9,11-12H2. The van der Waals surface area contributed by atoms with E-state index >= 15 is 0 Å². The van der Waals surface area contributed by atoms with Gasteiger partial charge in [-0.1, -0.05) is 0 Å². The van der Waals surface area contributed by atoms with Crippen LogP contribution in [0.5, 0.6) is 0 Å². The van der Waals surface area contributed by atoms with E-state index in [0.717, 1.165) is 24.4 Å². The SMILES string of the molecule is c1cc(CNC2CC2)c(N(CC2CC2)CC2CC2)cn1. The molecule has 3 saturated carbocycles. The molecule has 4 rings (SSSR count). The topological polar surface area (TPSA) is 28.2 Å². The van der Waals surface area contributed by atoms with Gasteiger partial charge in [-0.3, -0.25) is 4.98 Å². The van der Waals surface area contributed by atoms with E-state index in [2.05, 4.69) is 27.5 Å². The number of nitrogens with zero attached hydrogens (tertiary/aromatic N) is 2. The minimum Gasteiger partial charge on any atom is -0.369 e. The van der Waals surface area contributed by atoms with E-state index < -0.39 is 0 Å². The summed E-state index contributed by atoms with van der Waals surface area (Å²) in [4.78, 5) is 7.03. The molecule has 0 spiro atoms. The maximum atomic E-state index is 4.39. The first kappa shape index (κ1) is 12.6. The van der Waals surface area contributed by atoms with Crippen molar-refractivity contribution < 1.29 is 0 Å². The molecular formula is C17H25N3. The van der Waals surface area contributed by atoms with Crippen molar-refractivity contribution in [3.8, 4) is 0 Å².